The van der Waals surface area contributed by atoms with E-state index in [0.717, 1.165) is 13.2 Å². The van der Waals surface area contributed by atoms with E-state index < -0.39 is 0 Å². The second-order valence-corrected chi connectivity index (χ2v) is 2.24. The summed E-state index contributed by atoms with van der Waals surface area (Å²) in [5, 5.41) is 3.00. The Labute approximate surface area is 62.7 Å². The fourth-order valence-corrected chi connectivity index (χ4v) is 0.645. The van der Waals surface area contributed by atoms with Crippen LogP contribution in [0.3, 0.4) is 0 Å². The second-order valence-electron chi connectivity index (χ2n) is 2.24. The minimum Gasteiger partial charge on any atom is -0.382 e. The van der Waals surface area contributed by atoms with Crippen LogP contribution in [0, 0.1) is 0 Å². The predicted molar refractivity (Wildman–Crippen MR) is 41.2 cm³/mol. The van der Waals surface area contributed by atoms with Crippen LogP contribution in [0.1, 0.15) is 6.92 Å². The van der Waals surface area contributed by atoms with Crippen LogP contribution < -0.4 is 5.32 Å². The van der Waals surface area contributed by atoms with Gasteiger partial charge in [0.25, 0.3) is 0 Å². The average molecular weight is 147 g/mol. The Kier molecular flexibility index (Phi) is 6.91. The number of hydrogen-bond acceptors (Lipinski definition) is 3. The quantitative estimate of drug-likeness (QED) is 0.547. The van der Waals surface area contributed by atoms with Crippen molar-refractivity contribution in [1.29, 1.82) is 0 Å². The van der Waals surface area contributed by atoms with E-state index in [4.69, 9.17) is 9.47 Å². The first kappa shape index (κ1) is 9.88. The average Bonchev–Trinajstić information content (AvgIpc) is 1.89. The van der Waals surface area contributed by atoms with Gasteiger partial charge in [-0.25, -0.2) is 0 Å². The van der Waals surface area contributed by atoms with E-state index in [9.17, 15) is 0 Å². The molecule has 0 aliphatic rings. The summed E-state index contributed by atoms with van der Waals surface area (Å²) in [5.41, 5.74) is 0. The molecule has 0 aliphatic carbocycles. The van der Waals surface area contributed by atoms with Gasteiger partial charge in [-0.2, -0.15) is 0 Å². The van der Waals surface area contributed by atoms with Crippen molar-refractivity contribution >= 4 is 0 Å². The van der Waals surface area contributed by atoms with Crippen LogP contribution in [0.15, 0.2) is 0 Å². The standard InChI is InChI=1S/C7H17NO2/c1-7(6-9-3)10-5-4-8-2/h7-8H,4-6H2,1-3H3. The summed E-state index contributed by atoms with van der Waals surface area (Å²) in [4.78, 5) is 0. The number of ether oxygens (including phenoxy) is 2. The molecule has 0 aromatic rings. The van der Waals surface area contributed by atoms with Gasteiger partial charge < -0.3 is 14.8 Å². The van der Waals surface area contributed by atoms with Gasteiger partial charge in [0.05, 0.1) is 19.3 Å². The molecule has 10 heavy (non-hydrogen) atoms. The zero-order valence-corrected chi connectivity index (χ0v) is 7.02. The zero-order valence-electron chi connectivity index (χ0n) is 7.02. The highest BCUT2D eigenvalue weighted by atomic mass is 16.5. The molecule has 0 spiro atoms. The van der Waals surface area contributed by atoms with Crippen molar-refractivity contribution in [3.05, 3.63) is 0 Å². The highest BCUT2D eigenvalue weighted by molar-refractivity contribution is 4.46. The molecule has 1 N–H and O–H groups in total. The zero-order chi connectivity index (χ0) is 7.82. The molecule has 3 heteroatoms. The lowest BCUT2D eigenvalue weighted by Gasteiger charge is -2.10. The van der Waals surface area contributed by atoms with Gasteiger partial charge in [0.2, 0.25) is 0 Å². The molecule has 62 valence electrons. The molecule has 0 heterocycles. The molecule has 3 nitrogen and oxygen atoms in total. The summed E-state index contributed by atoms with van der Waals surface area (Å²) in [6.07, 6.45) is 0.207. The first-order valence-electron chi connectivity index (χ1n) is 3.56. The molecule has 0 saturated heterocycles. The van der Waals surface area contributed by atoms with Gasteiger partial charge in [0.1, 0.15) is 0 Å². The van der Waals surface area contributed by atoms with Gasteiger partial charge in [0.15, 0.2) is 0 Å². The Hall–Kier alpha value is -0.120. The highest BCUT2D eigenvalue weighted by Gasteiger charge is 1.98. The van der Waals surface area contributed by atoms with E-state index in [0.29, 0.717) is 6.61 Å². The predicted octanol–water partition coefficient (Wildman–Crippen LogP) is 0.257. The maximum absolute atomic E-state index is 5.34. The summed E-state index contributed by atoms with van der Waals surface area (Å²) < 4.78 is 10.2. The summed E-state index contributed by atoms with van der Waals surface area (Å²) in [6, 6.07) is 0. The molecule has 0 bridgehead atoms. The largest absolute Gasteiger partial charge is 0.382 e. The van der Waals surface area contributed by atoms with Crippen LogP contribution in [0.25, 0.3) is 0 Å². The van der Waals surface area contributed by atoms with Crippen LogP contribution in [-0.4, -0.2) is 40.0 Å². The molecule has 0 aromatic carbocycles. The van der Waals surface area contributed by atoms with Gasteiger partial charge in [-0.05, 0) is 14.0 Å². The van der Waals surface area contributed by atoms with E-state index in [-0.39, 0.29) is 6.10 Å². The van der Waals surface area contributed by atoms with E-state index in [1.165, 1.54) is 0 Å². The monoisotopic (exact) mass is 147 g/mol. The fraction of sp³-hybridized carbons (Fsp3) is 1.00. The molecule has 1 unspecified atom stereocenters. The first-order valence-corrected chi connectivity index (χ1v) is 3.56. The number of nitrogens with one attached hydrogen (secondary N) is 1. The molecule has 0 radical (unpaired) electrons. The molecular weight excluding hydrogens is 130 g/mol. The van der Waals surface area contributed by atoms with Crippen LogP contribution in [0.5, 0.6) is 0 Å². The Bertz CT molecular complexity index is 68.6. The summed E-state index contributed by atoms with van der Waals surface area (Å²) >= 11 is 0. The Balaban J connectivity index is 2.97. The van der Waals surface area contributed by atoms with E-state index >= 15 is 0 Å². The second kappa shape index (κ2) is 6.99. The van der Waals surface area contributed by atoms with Crippen LogP contribution >= 0.6 is 0 Å². The Morgan fingerprint density at radius 1 is 1.50 bits per heavy atom. The Morgan fingerprint density at radius 3 is 2.70 bits per heavy atom. The summed E-state index contributed by atoms with van der Waals surface area (Å²) in [7, 11) is 3.59. The summed E-state index contributed by atoms with van der Waals surface area (Å²) in [6.45, 7) is 4.32. The molecular formula is C7H17NO2. The maximum Gasteiger partial charge on any atom is 0.0780 e. The lowest BCUT2D eigenvalue weighted by atomic mass is 10.4. The lowest BCUT2D eigenvalue weighted by molar-refractivity contribution is 0.0112. The molecule has 0 aliphatic heterocycles. The van der Waals surface area contributed by atoms with Crippen molar-refractivity contribution in [3.8, 4) is 0 Å². The van der Waals surface area contributed by atoms with Crippen molar-refractivity contribution in [2.75, 3.05) is 33.9 Å². The van der Waals surface area contributed by atoms with Crippen molar-refractivity contribution < 1.29 is 9.47 Å². The van der Waals surface area contributed by atoms with E-state index in [1.54, 1.807) is 7.11 Å². The molecule has 0 aromatic heterocycles. The normalized spacial score (nSPS) is 13.5. The highest BCUT2D eigenvalue weighted by Crippen LogP contribution is 1.88. The van der Waals surface area contributed by atoms with Crippen molar-refractivity contribution in [2.45, 2.75) is 13.0 Å². The smallest absolute Gasteiger partial charge is 0.0780 e. The molecule has 0 saturated carbocycles. The topological polar surface area (TPSA) is 30.5 Å². The van der Waals surface area contributed by atoms with Crippen LogP contribution in [-0.2, 0) is 9.47 Å². The lowest BCUT2D eigenvalue weighted by Crippen LogP contribution is -2.21. The van der Waals surface area contributed by atoms with Gasteiger partial charge in [0, 0.05) is 13.7 Å². The Morgan fingerprint density at radius 2 is 2.20 bits per heavy atom. The maximum atomic E-state index is 5.34. The number of methoxy groups -OCH3 is 1. The van der Waals surface area contributed by atoms with Gasteiger partial charge in [-0.15, -0.1) is 0 Å². The minimum absolute atomic E-state index is 0.207. The molecule has 0 fully saturated rings. The van der Waals surface area contributed by atoms with E-state index in [2.05, 4.69) is 5.32 Å². The molecule has 0 rings (SSSR count). The van der Waals surface area contributed by atoms with Gasteiger partial charge in [-0.1, -0.05) is 0 Å². The van der Waals surface area contributed by atoms with Crippen LogP contribution in [0.2, 0.25) is 0 Å². The number of hydrogen-bond donors (Lipinski definition) is 1. The number of likely N-dealkylation sites (N-methyl/N-ethyl adjacent to an activating group) is 1. The number of rotatable bonds is 6. The van der Waals surface area contributed by atoms with Gasteiger partial charge >= 0.3 is 0 Å². The molecule has 1 atom stereocenters. The van der Waals surface area contributed by atoms with Gasteiger partial charge in [-0.3, -0.25) is 0 Å². The van der Waals surface area contributed by atoms with E-state index in [1.807, 2.05) is 14.0 Å². The SMILES string of the molecule is CNCCOC(C)COC. The van der Waals surface area contributed by atoms with Crippen molar-refractivity contribution in [3.63, 3.8) is 0 Å². The van der Waals surface area contributed by atoms with Crippen molar-refractivity contribution in [2.24, 2.45) is 0 Å². The third-order valence-corrected chi connectivity index (χ3v) is 1.16. The third-order valence-electron chi connectivity index (χ3n) is 1.16. The third kappa shape index (κ3) is 6.01. The first-order chi connectivity index (χ1) is 4.81. The minimum atomic E-state index is 0.207. The van der Waals surface area contributed by atoms with Crippen molar-refractivity contribution in [1.82, 2.24) is 5.32 Å². The fourth-order valence-electron chi connectivity index (χ4n) is 0.645. The molecule has 0 amide bonds. The summed E-state index contributed by atoms with van der Waals surface area (Å²) in [5.74, 6) is 0. The van der Waals surface area contributed by atoms with Crippen LogP contribution in [0.4, 0.5) is 0 Å².